The molecule has 0 amide bonds. The average molecular weight is 431 g/mol. The van der Waals surface area contributed by atoms with Crippen LogP contribution in [0, 0.1) is 10.8 Å². The van der Waals surface area contributed by atoms with Crippen LogP contribution in [-0.2, 0) is 9.53 Å². The van der Waals surface area contributed by atoms with Gasteiger partial charge in [0.15, 0.2) is 0 Å². The van der Waals surface area contributed by atoms with Crippen LogP contribution in [-0.4, -0.2) is 35.0 Å². The normalized spacial score (nSPS) is 16.7. The van der Waals surface area contributed by atoms with Crippen molar-refractivity contribution < 1.29 is 9.53 Å². The van der Waals surface area contributed by atoms with Gasteiger partial charge in [-0.1, -0.05) is 23.7 Å². The Balaban J connectivity index is 2.09. The lowest BCUT2D eigenvalue weighted by molar-refractivity contribution is -0.154. The van der Waals surface area contributed by atoms with Gasteiger partial charge in [-0.25, -0.2) is 0 Å². The van der Waals surface area contributed by atoms with Gasteiger partial charge >= 0.3 is 5.97 Å². The van der Waals surface area contributed by atoms with E-state index in [0.29, 0.717) is 10.7 Å². The molecule has 1 aliphatic rings. The number of halogens is 1. The number of nitrogens with one attached hydrogen (secondary N) is 2. The predicted molar refractivity (Wildman–Crippen MR) is 119 cm³/mol. The number of fused-ring (bicyclic) bond motifs is 1. The number of carbonyl (C=O) groups excluding carboxylic acids is 1. The number of ether oxygens (including phenoxy) is 1. The van der Waals surface area contributed by atoms with E-state index < -0.39 is 17.6 Å². The standard InChI is InChI=1S/C21H23ClN4O2S/c1-12(23)26-19(24)16(11-17(27)28-21(2,3)4)25-18(15-9-10-29-20(15)26)13-5-7-14(22)8-6-13/h5-10,16,23-24H,11H2,1-4H3/t16-/m0/s1. The van der Waals surface area contributed by atoms with Gasteiger partial charge in [-0.3, -0.25) is 25.5 Å². The summed E-state index contributed by atoms with van der Waals surface area (Å²) in [6, 6.07) is 8.45. The van der Waals surface area contributed by atoms with Gasteiger partial charge in [-0.15, -0.1) is 11.3 Å². The second kappa shape index (κ2) is 8.08. The van der Waals surface area contributed by atoms with Crippen LogP contribution in [0.3, 0.4) is 0 Å². The smallest absolute Gasteiger partial charge is 0.308 e. The lowest BCUT2D eigenvalue weighted by atomic mass is 10.0. The van der Waals surface area contributed by atoms with Crippen LogP contribution in [0.1, 0.15) is 45.2 Å². The number of esters is 1. The van der Waals surface area contributed by atoms with Crippen LogP contribution in [0.2, 0.25) is 5.02 Å². The quantitative estimate of drug-likeness (QED) is 0.401. The summed E-state index contributed by atoms with van der Waals surface area (Å²) < 4.78 is 5.45. The number of hydrogen-bond acceptors (Lipinski definition) is 6. The number of amidine groups is 2. The molecule has 29 heavy (non-hydrogen) atoms. The van der Waals surface area contributed by atoms with Crippen molar-refractivity contribution >= 4 is 51.3 Å². The molecule has 0 spiro atoms. The third kappa shape index (κ3) is 4.74. The van der Waals surface area contributed by atoms with E-state index in [4.69, 9.17) is 32.1 Å². The molecule has 0 radical (unpaired) electrons. The Bertz CT molecular complexity index is 989. The zero-order chi connectivity index (χ0) is 21.3. The zero-order valence-corrected chi connectivity index (χ0v) is 18.3. The molecule has 152 valence electrons. The lowest BCUT2D eigenvalue weighted by Gasteiger charge is -2.25. The Labute approximate surface area is 179 Å². The van der Waals surface area contributed by atoms with Crippen molar-refractivity contribution in [2.75, 3.05) is 4.90 Å². The fraction of sp³-hybridized carbons (Fsp3) is 0.333. The molecular weight excluding hydrogens is 408 g/mol. The van der Waals surface area contributed by atoms with E-state index in [0.717, 1.165) is 16.1 Å². The minimum Gasteiger partial charge on any atom is -0.460 e. The predicted octanol–water partition coefficient (Wildman–Crippen LogP) is 5.13. The maximum atomic E-state index is 12.5. The highest BCUT2D eigenvalue weighted by molar-refractivity contribution is 7.15. The van der Waals surface area contributed by atoms with Crippen molar-refractivity contribution in [2.45, 2.75) is 45.8 Å². The van der Waals surface area contributed by atoms with Gasteiger partial charge in [-0.05, 0) is 51.3 Å². The molecule has 0 aliphatic carbocycles. The van der Waals surface area contributed by atoms with Crippen LogP contribution >= 0.6 is 22.9 Å². The first-order valence-corrected chi connectivity index (χ1v) is 10.4. The Morgan fingerprint density at radius 1 is 1.28 bits per heavy atom. The van der Waals surface area contributed by atoms with E-state index in [1.807, 2.05) is 23.6 Å². The number of anilines is 1. The summed E-state index contributed by atoms with van der Waals surface area (Å²) in [6.45, 7) is 7.03. The molecule has 2 heterocycles. The summed E-state index contributed by atoms with van der Waals surface area (Å²) in [5.74, 6) is -0.157. The number of carbonyl (C=O) groups is 1. The van der Waals surface area contributed by atoms with Crippen molar-refractivity contribution in [3.8, 4) is 0 Å². The summed E-state index contributed by atoms with van der Waals surface area (Å²) in [4.78, 5) is 18.8. The fourth-order valence-corrected chi connectivity index (χ4v) is 4.15. The molecule has 1 aromatic carbocycles. The van der Waals surface area contributed by atoms with Gasteiger partial charge in [-0.2, -0.15) is 0 Å². The fourth-order valence-electron chi connectivity index (χ4n) is 3.05. The average Bonchev–Trinajstić information content (AvgIpc) is 3.02. The molecule has 8 heteroatoms. The minimum absolute atomic E-state index is 0.0775. The molecule has 0 saturated carbocycles. The van der Waals surface area contributed by atoms with Gasteiger partial charge in [0.25, 0.3) is 0 Å². The van der Waals surface area contributed by atoms with Crippen molar-refractivity contribution in [3.05, 3.63) is 51.9 Å². The molecule has 2 aromatic rings. The molecular formula is C21H23ClN4O2S. The summed E-state index contributed by atoms with van der Waals surface area (Å²) in [6.07, 6.45) is -0.0775. The molecule has 1 aliphatic heterocycles. The highest BCUT2D eigenvalue weighted by atomic mass is 35.5. The Hall–Kier alpha value is -2.51. The van der Waals surface area contributed by atoms with Gasteiger partial charge < -0.3 is 4.74 Å². The van der Waals surface area contributed by atoms with Crippen molar-refractivity contribution in [3.63, 3.8) is 0 Å². The van der Waals surface area contributed by atoms with Gasteiger partial charge in [0.1, 0.15) is 28.3 Å². The highest BCUT2D eigenvalue weighted by Gasteiger charge is 2.33. The van der Waals surface area contributed by atoms with E-state index in [1.165, 1.54) is 11.3 Å². The highest BCUT2D eigenvalue weighted by Crippen LogP contribution is 2.34. The molecule has 0 fully saturated rings. The van der Waals surface area contributed by atoms with Crippen molar-refractivity contribution in [1.82, 2.24) is 0 Å². The van der Waals surface area contributed by atoms with E-state index in [-0.39, 0.29) is 18.1 Å². The molecule has 1 aromatic heterocycles. The van der Waals surface area contributed by atoms with Gasteiger partial charge in [0.05, 0.1) is 12.1 Å². The second-order valence-corrected chi connectivity index (χ2v) is 9.07. The Morgan fingerprint density at radius 2 is 1.93 bits per heavy atom. The second-order valence-electron chi connectivity index (χ2n) is 7.74. The van der Waals surface area contributed by atoms with Gasteiger partial charge in [0.2, 0.25) is 0 Å². The largest absolute Gasteiger partial charge is 0.460 e. The minimum atomic E-state index is -0.768. The zero-order valence-electron chi connectivity index (χ0n) is 16.7. The van der Waals surface area contributed by atoms with E-state index in [9.17, 15) is 4.79 Å². The summed E-state index contributed by atoms with van der Waals surface area (Å²) in [5.41, 5.74) is 1.70. The third-order valence-electron chi connectivity index (χ3n) is 4.18. The number of hydrogen-bond donors (Lipinski definition) is 2. The lowest BCUT2D eigenvalue weighted by Crippen LogP contribution is -2.41. The monoisotopic (exact) mass is 430 g/mol. The van der Waals surface area contributed by atoms with Crippen molar-refractivity contribution in [2.24, 2.45) is 4.99 Å². The maximum Gasteiger partial charge on any atom is 0.308 e. The van der Waals surface area contributed by atoms with E-state index in [1.54, 1.807) is 44.7 Å². The summed E-state index contributed by atoms with van der Waals surface area (Å²) >= 11 is 7.47. The van der Waals surface area contributed by atoms with E-state index >= 15 is 0 Å². The van der Waals surface area contributed by atoms with Crippen LogP contribution in [0.15, 0.2) is 40.7 Å². The Morgan fingerprint density at radius 3 is 2.52 bits per heavy atom. The van der Waals surface area contributed by atoms with Crippen molar-refractivity contribution in [1.29, 1.82) is 10.8 Å². The SMILES string of the molecule is CC(=N)N1C(=N)[C@H](CC(=O)OC(C)(C)C)N=C(c2ccc(Cl)cc2)c2ccsc21. The van der Waals surface area contributed by atoms with Crippen LogP contribution < -0.4 is 4.90 Å². The van der Waals surface area contributed by atoms with Crippen LogP contribution in [0.25, 0.3) is 0 Å². The molecule has 0 saturated heterocycles. The number of nitrogens with zero attached hydrogens (tertiary/aromatic N) is 2. The first-order chi connectivity index (χ1) is 13.6. The molecule has 0 unspecified atom stereocenters. The molecule has 1 atom stereocenters. The van der Waals surface area contributed by atoms with Crippen LogP contribution in [0.4, 0.5) is 5.00 Å². The van der Waals surface area contributed by atoms with Crippen LogP contribution in [0.5, 0.6) is 0 Å². The third-order valence-corrected chi connectivity index (χ3v) is 5.33. The summed E-state index contributed by atoms with van der Waals surface area (Å²) in [5, 5.41) is 20.2. The molecule has 3 rings (SSSR count). The first-order valence-electron chi connectivity index (χ1n) is 9.14. The van der Waals surface area contributed by atoms with E-state index in [2.05, 4.69) is 0 Å². The molecule has 0 bridgehead atoms. The number of benzene rings is 1. The Kier molecular flexibility index (Phi) is 5.91. The molecule has 6 nitrogen and oxygen atoms in total. The number of rotatable bonds is 3. The number of aliphatic imine (C=N–C) groups is 1. The maximum absolute atomic E-state index is 12.5. The number of thiophene rings is 1. The van der Waals surface area contributed by atoms with Gasteiger partial charge in [0, 0.05) is 16.1 Å². The first kappa shape index (κ1) is 21.2. The topological polar surface area (TPSA) is 89.6 Å². The summed E-state index contributed by atoms with van der Waals surface area (Å²) in [7, 11) is 0. The molecule has 2 N–H and O–H groups in total.